The second-order valence-electron chi connectivity index (χ2n) is 4.43. The normalized spacial score (nSPS) is 10.3. The summed E-state index contributed by atoms with van der Waals surface area (Å²) in [5, 5.41) is 13.9. The van der Waals surface area contributed by atoms with E-state index in [0.717, 1.165) is 13.0 Å². The highest BCUT2D eigenvalue weighted by molar-refractivity contribution is 5.94. The smallest absolute Gasteiger partial charge is 0.292 e. The summed E-state index contributed by atoms with van der Waals surface area (Å²) in [6, 6.07) is 4.02. The number of hydrogen-bond acceptors (Lipinski definition) is 5. The van der Waals surface area contributed by atoms with E-state index in [1.807, 2.05) is 10.8 Å². The number of rotatable bonds is 7. The van der Waals surface area contributed by atoms with Crippen molar-refractivity contribution in [3.8, 4) is 0 Å². The number of nitro benzene ring substituents is 1. The Hall–Kier alpha value is -2.90. The van der Waals surface area contributed by atoms with Gasteiger partial charge in [0.25, 0.3) is 5.69 Å². The third-order valence-corrected chi connectivity index (χ3v) is 2.95. The summed E-state index contributed by atoms with van der Waals surface area (Å²) >= 11 is 0. The summed E-state index contributed by atoms with van der Waals surface area (Å²) in [6.45, 7) is 1.28. The molecule has 0 bridgehead atoms. The molecule has 2 rings (SSSR count). The summed E-state index contributed by atoms with van der Waals surface area (Å²) in [4.78, 5) is 25.5. The maximum Gasteiger partial charge on any atom is 0.292 e. The molecule has 1 amide bonds. The zero-order valence-electron chi connectivity index (χ0n) is 11.2. The van der Waals surface area contributed by atoms with Gasteiger partial charge in [0.15, 0.2) is 0 Å². The molecule has 1 aromatic carbocycles. The molecule has 8 nitrogen and oxygen atoms in total. The minimum absolute atomic E-state index is 0.0809. The molecule has 0 atom stereocenters. The van der Waals surface area contributed by atoms with Gasteiger partial charge in [-0.3, -0.25) is 14.9 Å². The largest absolute Gasteiger partial charge is 0.379 e. The maximum atomic E-state index is 11.1. The van der Waals surface area contributed by atoms with E-state index in [-0.39, 0.29) is 11.3 Å². The van der Waals surface area contributed by atoms with E-state index >= 15 is 0 Å². The first-order valence-corrected chi connectivity index (χ1v) is 6.36. The minimum atomic E-state index is -0.619. The number of hydrogen-bond donors (Lipinski definition) is 2. The predicted molar refractivity (Wildman–Crippen MR) is 76.9 cm³/mol. The molecule has 0 aliphatic heterocycles. The van der Waals surface area contributed by atoms with Crippen LogP contribution in [0.2, 0.25) is 0 Å². The van der Waals surface area contributed by atoms with E-state index in [0.29, 0.717) is 12.2 Å². The van der Waals surface area contributed by atoms with Crippen LogP contribution in [0.5, 0.6) is 0 Å². The van der Waals surface area contributed by atoms with Crippen LogP contribution >= 0.6 is 0 Å². The van der Waals surface area contributed by atoms with E-state index in [9.17, 15) is 14.9 Å². The topological polar surface area (TPSA) is 116 Å². The second-order valence-corrected chi connectivity index (χ2v) is 4.43. The van der Waals surface area contributed by atoms with E-state index < -0.39 is 10.8 Å². The van der Waals surface area contributed by atoms with Crippen LogP contribution in [0.1, 0.15) is 16.8 Å². The molecule has 1 aromatic heterocycles. The maximum absolute atomic E-state index is 11.1. The van der Waals surface area contributed by atoms with Crippen molar-refractivity contribution in [1.82, 2.24) is 9.55 Å². The van der Waals surface area contributed by atoms with Gasteiger partial charge in [-0.2, -0.15) is 0 Å². The molecular weight excluding hydrogens is 274 g/mol. The number of imidazole rings is 1. The van der Waals surface area contributed by atoms with Gasteiger partial charge in [0.2, 0.25) is 5.91 Å². The molecule has 21 heavy (non-hydrogen) atoms. The van der Waals surface area contributed by atoms with Crippen LogP contribution in [0.25, 0.3) is 0 Å². The predicted octanol–water partition coefficient (Wildman–Crippen LogP) is 1.39. The van der Waals surface area contributed by atoms with E-state index in [1.54, 1.807) is 12.5 Å². The Kier molecular flexibility index (Phi) is 4.50. The summed E-state index contributed by atoms with van der Waals surface area (Å²) < 4.78 is 1.91. The second kappa shape index (κ2) is 6.51. The van der Waals surface area contributed by atoms with Gasteiger partial charge < -0.3 is 15.6 Å². The number of anilines is 1. The molecular formula is C13H15N5O3. The summed E-state index contributed by atoms with van der Waals surface area (Å²) in [5.41, 5.74) is 5.63. The number of carbonyl (C=O) groups is 1. The van der Waals surface area contributed by atoms with Gasteiger partial charge in [-0.05, 0) is 18.6 Å². The quantitative estimate of drug-likeness (QED) is 0.454. The number of amides is 1. The number of benzene rings is 1. The summed E-state index contributed by atoms with van der Waals surface area (Å²) in [6.07, 6.45) is 6.00. The van der Waals surface area contributed by atoms with Crippen LogP contribution in [-0.2, 0) is 6.54 Å². The molecule has 0 unspecified atom stereocenters. The SMILES string of the molecule is NC(=O)c1ccc([N+](=O)[O-])c(NCCCn2ccnc2)c1. The molecule has 0 aliphatic carbocycles. The van der Waals surface area contributed by atoms with Gasteiger partial charge in [-0.15, -0.1) is 0 Å². The Morgan fingerprint density at radius 1 is 1.48 bits per heavy atom. The molecule has 0 fully saturated rings. The highest BCUT2D eigenvalue weighted by Gasteiger charge is 2.15. The molecule has 0 spiro atoms. The molecule has 2 aromatic rings. The fraction of sp³-hybridized carbons (Fsp3) is 0.231. The first-order chi connectivity index (χ1) is 10.1. The van der Waals surface area contributed by atoms with Crippen molar-refractivity contribution in [2.45, 2.75) is 13.0 Å². The first-order valence-electron chi connectivity index (χ1n) is 6.36. The molecule has 0 radical (unpaired) electrons. The average Bonchev–Trinajstić information content (AvgIpc) is 2.96. The lowest BCUT2D eigenvalue weighted by Crippen LogP contribution is -2.13. The van der Waals surface area contributed by atoms with Crippen molar-refractivity contribution in [2.75, 3.05) is 11.9 Å². The average molecular weight is 289 g/mol. The Labute approximate surface area is 120 Å². The van der Waals surface area contributed by atoms with Crippen LogP contribution in [0.4, 0.5) is 11.4 Å². The van der Waals surface area contributed by atoms with Gasteiger partial charge in [0, 0.05) is 37.1 Å². The molecule has 1 heterocycles. The Bertz CT molecular complexity index is 639. The Morgan fingerprint density at radius 2 is 2.29 bits per heavy atom. The van der Waals surface area contributed by atoms with Gasteiger partial charge in [0.05, 0.1) is 11.3 Å². The van der Waals surface area contributed by atoms with Crippen LogP contribution in [0.3, 0.4) is 0 Å². The number of carbonyl (C=O) groups excluding carboxylic acids is 1. The Morgan fingerprint density at radius 3 is 2.90 bits per heavy atom. The fourth-order valence-electron chi connectivity index (χ4n) is 1.89. The molecule has 8 heteroatoms. The standard InChI is InChI=1S/C13H15N5O3/c14-13(19)10-2-3-12(18(20)21)11(8-10)16-4-1-6-17-7-5-15-9-17/h2-3,5,7-9,16H,1,4,6H2,(H2,14,19). The van der Waals surface area contributed by atoms with Crippen molar-refractivity contribution in [1.29, 1.82) is 0 Å². The lowest BCUT2D eigenvalue weighted by Gasteiger charge is -2.08. The lowest BCUT2D eigenvalue weighted by molar-refractivity contribution is -0.384. The first kappa shape index (κ1) is 14.5. The summed E-state index contributed by atoms with van der Waals surface area (Å²) in [5.74, 6) is -0.619. The van der Waals surface area contributed by atoms with E-state index in [1.165, 1.54) is 18.2 Å². The molecule has 0 saturated carbocycles. The van der Waals surface area contributed by atoms with Crippen molar-refractivity contribution in [3.63, 3.8) is 0 Å². The van der Waals surface area contributed by atoms with Gasteiger partial charge in [0.1, 0.15) is 5.69 Å². The zero-order valence-corrected chi connectivity index (χ0v) is 11.2. The number of nitrogens with one attached hydrogen (secondary N) is 1. The van der Waals surface area contributed by atoms with Crippen molar-refractivity contribution < 1.29 is 9.72 Å². The number of aromatic nitrogens is 2. The number of aryl methyl sites for hydroxylation is 1. The number of primary amides is 1. The zero-order chi connectivity index (χ0) is 15.2. The highest BCUT2D eigenvalue weighted by atomic mass is 16.6. The third-order valence-electron chi connectivity index (χ3n) is 2.95. The molecule has 3 N–H and O–H groups in total. The molecule has 110 valence electrons. The van der Waals surface area contributed by atoms with E-state index in [4.69, 9.17) is 5.73 Å². The van der Waals surface area contributed by atoms with Gasteiger partial charge in [-0.25, -0.2) is 4.98 Å². The van der Waals surface area contributed by atoms with Crippen LogP contribution in [0.15, 0.2) is 36.9 Å². The number of nitro groups is 1. The molecule has 0 saturated heterocycles. The fourth-order valence-corrected chi connectivity index (χ4v) is 1.89. The monoisotopic (exact) mass is 289 g/mol. The highest BCUT2D eigenvalue weighted by Crippen LogP contribution is 2.25. The van der Waals surface area contributed by atoms with Gasteiger partial charge >= 0.3 is 0 Å². The van der Waals surface area contributed by atoms with Crippen LogP contribution < -0.4 is 11.1 Å². The number of nitrogens with zero attached hydrogens (tertiary/aromatic N) is 3. The minimum Gasteiger partial charge on any atom is -0.379 e. The van der Waals surface area contributed by atoms with Crippen LogP contribution in [-0.4, -0.2) is 26.9 Å². The third kappa shape index (κ3) is 3.78. The Balaban J connectivity index is 2.01. The van der Waals surface area contributed by atoms with Crippen molar-refractivity contribution in [2.24, 2.45) is 5.73 Å². The lowest BCUT2D eigenvalue weighted by atomic mass is 10.1. The summed E-state index contributed by atoms with van der Waals surface area (Å²) in [7, 11) is 0. The van der Waals surface area contributed by atoms with E-state index in [2.05, 4.69) is 10.3 Å². The van der Waals surface area contributed by atoms with Gasteiger partial charge in [-0.1, -0.05) is 0 Å². The van der Waals surface area contributed by atoms with Crippen LogP contribution in [0, 0.1) is 10.1 Å². The number of nitrogens with two attached hydrogens (primary N) is 1. The van der Waals surface area contributed by atoms with Crippen molar-refractivity contribution >= 4 is 17.3 Å². The van der Waals surface area contributed by atoms with Crippen molar-refractivity contribution in [3.05, 3.63) is 52.6 Å². The molecule has 0 aliphatic rings.